The fourth-order valence-corrected chi connectivity index (χ4v) is 8.77. The number of carbonyl (C=O) groups is 1. The third-order valence-corrected chi connectivity index (χ3v) is 11.6. The molecule has 2 aliphatic rings. The highest BCUT2D eigenvalue weighted by Crippen LogP contribution is 2.44. The van der Waals surface area contributed by atoms with Gasteiger partial charge in [-0.25, -0.2) is 4.68 Å². The summed E-state index contributed by atoms with van der Waals surface area (Å²) in [5.74, 6) is 2.10. The molecule has 8 rings (SSSR count). The zero-order chi connectivity index (χ0) is 37.0. The van der Waals surface area contributed by atoms with Crippen molar-refractivity contribution in [3.8, 4) is 22.5 Å². The molecule has 1 aliphatic heterocycles. The van der Waals surface area contributed by atoms with Crippen LogP contribution in [0.5, 0.6) is 0 Å². The molecule has 1 fully saturated rings. The van der Waals surface area contributed by atoms with Crippen LogP contribution in [0.3, 0.4) is 0 Å². The minimum Gasteiger partial charge on any atom is -0.294 e. The molecule has 0 spiro atoms. The van der Waals surface area contributed by atoms with E-state index in [1.165, 1.54) is 19.3 Å². The molecular weight excluding hydrogens is 665 g/mol. The summed E-state index contributed by atoms with van der Waals surface area (Å²) >= 11 is 0. The van der Waals surface area contributed by atoms with Crippen LogP contribution in [0, 0.1) is 5.92 Å². The minimum atomic E-state index is -0.856. The fourth-order valence-electron chi connectivity index (χ4n) is 8.77. The lowest BCUT2D eigenvalue weighted by molar-refractivity contribution is -0.133. The van der Waals surface area contributed by atoms with Crippen molar-refractivity contribution in [2.24, 2.45) is 10.9 Å². The highest BCUT2D eigenvalue weighted by molar-refractivity contribution is 6.08. The number of rotatable bonds is 12. The maximum absolute atomic E-state index is 14.2. The lowest BCUT2D eigenvalue weighted by Crippen LogP contribution is -2.45. The zero-order valence-electron chi connectivity index (χ0n) is 31.3. The fraction of sp³-hybridized carbons (Fsp3) is 0.298. The van der Waals surface area contributed by atoms with Crippen LogP contribution in [0.15, 0.2) is 145 Å². The van der Waals surface area contributed by atoms with Crippen LogP contribution in [-0.4, -0.2) is 42.4 Å². The van der Waals surface area contributed by atoms with Crippen LogP contribution < -0.4 is 0 Å². The minimum absolute atomic E-state index is 0.167. The van der Waals surface area contributed by atoms with Gasteiger partial charge < -0.3 is 0 Å². The van der Waals surface area contributed by atoms with Crippen molar-refractivity contribution in [2.75, 3.05) is 0 Å². The normalized spacial score (nSPS) is 17.9. The molecule has 54 heavy (non-hydrogen) atoms. The molecule has 7 nitrogen and oxygen atoms in total. The van der Waals surface area contributed by atoms with E-state index in [1.54, 1.807) is 0 Å². The van der Waals surface area contributed by atoms with Crippen molar-refractivity contribution in [3.63, 3.8) is 0 Å². The number of unbranched alkanes of at least 4 members (excludes halogenated alkanes) is 1. The molecule has 1 saturated carbocycles. The van der Waals surface area contributed by atoms with E-state index in [2.05, 4.69) is 134 Å². The van der Waals surface area contributed by atoms with Gasteiger partial charge in [-0.3, -0.25) is 14.7 Å². The van der Waals surface area contributed by atoms with Crippen LogP contribution in [0.2, 0.25) is 0 Å². The first-order chi connectivity index (χ1) is 26.5. The molecule has 0 radical (unpaired) electrons. The van der Waals surface area contributed by atoms with Crippen molar-refractivity contribution in [3.05, 3.63) is 162 Å². The number of aliphatic imine (C=N–C) groups is 1. The zero-order valence-corrected chi connectivity index (χ0v) is 31.3. The lowest BCUT2D eigenvalue weighted by Gasteiger charge is -2.36. The predicted molar refractivity (Wildman–Crippen MR) is 216 cm³/mol. The summed E-state index contributed by atoms with van der Waals surface area (Å²) < 4.78 is 1.99. The molecule has 0 saturated heterocycles. The van der Waals surface area contributed by atoms with Gasteiger partial charge in [0.05, 0.1) is 6.54 Å². The Kier molecular flexibility index (Phi) is 10.0. The summed E-state index contributed by atoms with van der Waals surface area (Å²) in [6, 6.07) is 48.4. The van der Waals surface area contributed by atoms with E-state index in [-0.39, 0.29) is 5.91 Å². The van der Waals surface area contributed by atoms with E-state index in [0.717, 1.165) is 76.9 Å². The van der Waals surface area contributed by atoms with Crippen LogP contribution in [0.4, 0.5) is 0 Å². The van der Waals surface area contributed by atoms with Gasteiger partial charge in [0.2, 0.25) is 0 Å². The second-order valence-electron chi connectivity index (χ2n) is 15.0. The van der Waals surface area contributed by atoms with E-state index < -0.39 is 11.1 Å². The molecule has 0 N–H and O–H groups in total. The van der Waals surface area contributed by atoms with E-state index in [9.17, 15) is 4.79 Å². The predicted octanol–water partition coefficient (Wildman–Crippen LogP) is 10.1. The van der Waals surface area contributed by atoms with Gasteiger partial charge >= 0.3 is 0 Å². The Morgan fingerprint density at radius 2 is 1.26 bits per heavy atom. The lowest BCUT2D eigenvalue weighted by atomic mass is 9.75. The van der Waals surface area contributed by atoms with Gasteiger partial charge in [0.15, 0.2) is 5.82 Å². The van der Waals surface area contributed by atoms with E-state index in [4.69, 9.17) is 15.3 Å². The third kappa shape index (κ3) is 6.36. The Balaban J connectivity index is 1.16. The Bertz CT molecular complexity index is 2110. The smallest absolute Gasteiger partial charge is 0.256 e. The maximum Gasteiger partial charge on any atom is 0.256 e. The quantitative estimate of drug-likeness (QED) is 0.118. The van der Waals surface area contributed by atoms with Gasteiger partial charge in [-0.05, 0) is 75.9 Å². The highest BCUT2D eigenvalue weighted by Gasteiger charge is 2.49. The number of benzene rings is 5. The molecule has 1 amide bonds. The molecule has 6 aromatic rings. The van der Waals surface area contributed by atoms with Crippen molar-refractivity contribution >= 4 is 11.7 Å². The van der Waals surface area contributed by atoms with Crippen LogP contribution in [0.1, 0.15) is 87.5 Å². The second-order valence-corrected chi connectivity index (χ2v) is 15.0. The van der Waals surface area contributed by atoms with E-state index >= 15 is 0 Å². The number of carbonyl (C=O) groups excluding carboxylic acids is 1. The van der Waals surface area contributed by atoms with Crippen LogP contribution in [0.25, 0.3) is 22.5 Å². The Morgan fingerprint density at radius 1 is 0.704 bits per heavy atom. The number of tetrazole rings is 1. The van der Waals surface area contributed by atoms with E-state index in [0.29, 0.717) is 18.3 Å². The molecule has 1 aliphatic carbocycles. The molecule has 1 aromatic heterocycles. The molecule has 272 valence electrons. The topological polar surface area (TPSA) is 76.3 Å². The van der Waals surface area contributed by atoms with Crippen molar-refractivity contribution in [1.82, 2.24) is 25.1 Å². The molecule has 7 heteroatoms. The molecule has 2 heterocycles. The summed E-state index contributed by atoms with van der Waals surface area (Å²) in [7, 11) is 0. The van der Waals surface area contributed by atoms with Gasteiger partial charge in [-0.1, -0.05) is 172 Å². The highest BCUT2D eigenvalue weighted by atomic mass is 16.2. The first-order valence-electron chi connectivity index (χ1n) is 19.6. The van der Waals surface area contributed by atoms with E-state index in [1.807, 2.05) is 33.8 Å². The monoisotopic (exact) mass is 712 g/mol. The Morgan fingerprint density at radius 3 is 1.83 bits per heavy atom. The Hall–Kier alpha value is -5.69. The number of nitrogens with zero attached hydrogens (tertiary/aromatic N) is 6. The van der Waals surface area contributed by atoms with Crippen molar-refractivity contribution in [1.29, 1.82) is 0 Å². The summed E-state index contributed by atoms with van der Waals surface area (Å²) in [5.41, 5.74) is 5.73. The first kappa shape index (κ1) is 35.3. The number of hydrogen-bond acceptors (Lipinski definition) is 5. The second kappa shape index (κ2) is 15.3. The van der Waals surface area contributed by atoms with Crippen LogP contribution in [-0.2, 0) is 16.9 Å². The number of amidine groups is 1. The number of aromatic nitrogens is 4. The molecule has 0 bridgehead atoms. The van der Waals surface area contributed by atoms with Gasteiger partial charge in [0.25, 0.3) is 5.91 Å². The summed E-state index contributed by atoms with van der Waals surface area (Å²) in [4.78, 5) is 21.4. The summed E-state index contributed by atoms with van der Waals surface area (Å²) in [5, 5.41) is 13.9. The number of hydrogen-bond donors (Lipinski definition) is 0. The average Bonchev–Trinajstić information content (AvgIpc) is 3.82. The van der Waals surface area contributed by atoms with Crippen molar-refractivity contribution in [2.45, 2.75) is 82.8 Å². The largest absolute Gasteiger partial charge is 0.294 e. The van der Waals surface area contributed by atoms with Crippen LogP contribution >= 0.6 is 0 Å². The third-order valence-electron chi connectivity index (χ3n) is 11.6. The maximum atomic E-state index is 14.2. The van der Waals surface area contributed by atoms with Gasteiger partial charge in [0, 0.05) is 12.0 Å². The molecule has 5 aromatic carbocycles. The SMILES string of the molecule is CCCCC1=N[C@](C)(C2CCCCC2)C(=O)N1Cc1ccc(-c2ccccc2-c2nnnn2C(c2ccccc2)(c2ccccc2)c2ccccc2)cc1. The first-order valence-corrected chi connectivity index (χ1v) is 19.6. The summed E-state index contributed by atoms with van der Waals surface area (Å²) in [6.07, 6.45) is 8.74. The summed E-state index contributed by atoms with van der Waals surface area (Å²) in [6.45, 7) is 4.81. The number of amides is 1. The molecular formula is C47H48N6O. The molecule has 1 atom stereocenters. The standard InChI is InChI=1S/C47H48N6O/c1-3-4-29-43-48-46(2,37-19-9-5-10-20-37)45(54)52(43)34-35-30-32-36(33-31-35)41-27-17-18-28-42(41)44-49-50-51-53(44)47(38-21-11-6-12-22-38,39-23-13-7-14-24-39)40-25-15-8-16-26-40/h6-8,11-18,21-28,30-33,37H,3-5,9-10,19-20,29,34H2,1-2H3/t46-/m1/s1. The van der Waals surface area contributed by atoms with Gasteiger partial charge in [-0.15, -0.1) is 5.10 Å². The average molecular weight is 713 g/mol. The van der Waals surface area contributed by atoms with Crippen molar-refractivity contribution < 1.29 is 4.79 Å². The Labute approximate surface area is 318 Å². The van der Waals surface area contributed by atoms with Gasteiger partial charge in [0.1, 0.15) is 16.9 Å². The van der Waals surface area contributed by atoms with Gasteiger partial charge in [-0.2, -0.15) is 0 Å². The molecule has 0 unspecified atom stereocenters.